The predicted molar refractivity (Wildman–Crippen MR) is 145 cm³/mol. The Morgan fingerprint density at radius 3 is 2.47 bits per heavy atom. The highest BCUT2D eigenvalue weighted by Crippen LogP contribution is 2.33. The van der Waals surface area contributed by atoms with Crippen molar-refractivity contribution in [1.29, 1.82) is 0 Å². The van der Waals surface area contributed by atoms with E-state index in [9.17, 15) is 13.2 Å². The standard InChI is InChI=1S/C28H30N4O3S/c1-3-32-16-13-20(14-17-32)19-8-10-22(11-9-19)30-27-26-21(12-15-29-28(26)33)18-24(31-27)23-6-4-5-7-25(23)36(2,34)35/h4-12,15,18,20H,3,13-14,16-17H2,1-2H3,(H,29,33)(H,30,31). The Morgan fingerprint density at radius 2 is 1.78 bits per heavy atom. The van der Waals surface area contributed by atoms with E-state index in [-0.39, 0.29) is 10.5 Å². The first-order chi connectivity index (χ1) is 17.3. The highest BCUT2D eigenvalue weighted by Gasteiger charge is 2.20. The second-order valence-corrected chi connectivity index (χ2v) is 11.3. The van der Waals surface area contributed by atoms with Gasteiger partial charge in [-0.25, -0.2) is 13.4 Å². The molecule has 0 saturated carbocycles. The molecule has 36 heavy (non-hydrogen) atoms. The van der Waals surface area contributed by atoms with Gasteiger partial charge in [-0.1, -0.05) is 37.3 Å². The number of piperidine rings is 1. The minimum absolute atomic E-state index is 0.200. The van der Waals surface area contributed by atoms with Crippen LogP contribution >= 0.6 is 0 Å². The van der Waals surface area contributed by atoms with E-state index in [0.717, 1.165) is 38.2 Å². The molecule has 1 aliphatic rings. The van der Waals surface area contributed by atoms with E-state index in [1.54, 1.807) is 42.6 Å². The molecule has 0 atom stereocenters. The molecule has 1 fully saturated rings. The second kappa shape index (κ2) is 9.87. The average Bonchev–Trinajstić information content (AvgIpc) is 2.88. The summed E-state index contributed by atoms with van der Waals surface area (Å²) in [5.41, 5.74) is 2.86. The number of likely N-dealkylation sites (tertiary alicyclic amines) is 1. The number of H-pyrrole nitrogens is 1. The SMILES string of the molecule is CCN1CCC(c2ccc(Nc3nc(-c4ccccc4S(C)(=O)=O)cc4cc[nH]c(=O)c34)cc2)CC1. The van der Waals surface area contributed by atoms with Gasteiger partial charge in [-0.05, 0) is 79.7 Å². The van der Waals surface area contributed by atoms with Gasteiger partial charge in [0.25, 0.3) is 5.56 Å². The number of nitrogens with one attached hydrogen (secondary N) is 2. The molecule has 0 bridgehead atoms. The maximum Gasteiger partial charge on any atom is 0.259 e. The van der Waals surface area contributed by atoms with Crippen molar-refractivity contribution >= 4 is 32.1 Å². The van der Waals surface area contributed by atoms with Crippen molar-refractivity contribution in [3.8, 4) is 11.3 Å². The maximum absolute atomic E-state index is 12.7. The molecule has 1 saturated heterocycles. The van der Waals surface area contributed by atoms with Crippen molar-refractivity contribution < 1.29 is 8.42 Å². The van der Waals surface area contributed by atoms with Crippen LogP contribution in [-0.2, 0) is 9.84 Å². The maximum atomic E-state index is 12.7. The van der Waals surface area contributed by atoms with Crippen LogP contribution in [0.25, 0.3) is 22.0 Å². The molecule has 2 aromatic carbocycles. The van der Waals surface area contributed by atoms with E-state index in [0.29, 0.717) is 33.8 Å². The van der Waals surface area contributed by atoms with Gasteiger partial charge in [-0.3, -0.25) is 4.79 Å². The number of anilines is 2. The highest BCUT2D eigenvalue weighted by atomic mass is 32.2. The fourth-order valence-corrected chi connectivity index (χ4v) is 5.90. The van der Waals surface area contributed by atoms with Crippen LogP contribution in [-0.4, -0.2) is 49.2 Å². The summed E-state index contributed by atoms with van der Waals surface area (Å²) in [7, 11) is -3.47. The van der Waals surface area contributed by atoms with Crippen molar-refractivity contribution in [3.05, 3.63) is 82.8 Å². The van der Waals surface area contributed by atoms with Crippen molar-refractivity contribution in [2.24, 2.45) is 0 Å². The zero-order chi connectivity index (χ0) is 25.3. The summed E-state index contributed by atoms with van der Waals surface area (Å²) in [5, 5.41) is 4.41. The molecule has 0 unspecified atom stereocenters. The van der Waals surface area contributed by atoms with Gasteiger partial charge in [-0.15, -0.1) is 0 Å². The lowest BCUT2D eigenvalue weighted by Crippen LogP contribution is -2.32. The Balaban J connectivity index is 1.52. The van der Waals surface area contributed by atoms with Gasteiger partial charge < -0.3 is 15.2 Å². The van der Waals surface area contributed by atoms with Crippen LogP contribution in [0.5, 0.6) is 0 Å². The summed E-state index contributed by atoms with van der Waals surface area (Å²) in [6.45, 7) is 5.56. The molecule has 7 nitrogen and oxygen atoms in total. The molecule has 0 radical (unpaired) electrons. The van der Waals surface area contributed by atoms with Crippen molar-refractivity contribution in [2.75, 3.05) is 31.2 Å². The van der Waals surface area contributed by atoms with Crippen LogP contribution in [0.3, 0.4) is 0 Å². The minimum Gasteiger partial charge on any atom is -0.340 e. The van der Waals surface area contributed by atoms with Gasteiger partial charge in [0.15, 0.2) is 9.84 Å². The summed E-state index contributed by atoms with van der Waals surface area (Å²) in [6, 6.07) is 18.7. The van der Waals surface area contributed by atoms with Gasteiger partial charge in [0, 0.05) is 23.7 Å². The molecule has 4 aromatic rings. The Hall–Kier alpha value is -3.49. The van der Waals surface area contributed by atoms with E-state index < -0.39 is 9.84 Å². The number of pyridine rings is 2. The lowest BCUT2D eigenvalue weighted by atomic mass is 9.89. The summed E-state index contributed by atoms with van der Waals surface area (Å²) >= 11 is 0. The number of hydrogen-bond donors (Lipinski definition) is 2. The Kier molecular flexibility index (Phi) is 6.64. The zero-order valence-corrected chi connectivity index (χ0v) is 21.3. The van der Waals surface area contributed by atoms with E-state index in [1.807, 2.05) is 12.1 Å². The summed E-state index contributed by atoms with van der Waals surface area (Å²) in [5.74, 6) is 0.941. The fraction of sp³-hybridized carbons (Fsp3) is 0.286. The molecule has 2 N–H and O–H groups in total. The van der Waals surface area contributed by atoms with E-state index in [2.05, 4.69) is 34.3 Å². The Labute approximate surface area is 211 Å². The summed E-state index contributed by atoms with van der Waals surface area (Å²) in [6.07, 6.45) is 5.08. The number of hydrogen-bond acceptors (Lipinski definition) is 6. The van der Waals surface area contributed by atoms with Gasteiger partial charge in [0.1, 0.15) is 5.82 Å². The Bertz CT molecular complexity index is 1550. The van der Waals surface area contributed by atoms with Crippen LogP contribution in [0.2, 0.25) is 0 Å². The number of nitrogens with zero attached hydrogens (tertiary/aromatic N) is 2. The molecule has 0 amide bonds. The van der Waals surface area contributed by atoms with Crippen LogP contribution in [0.15, 0.2) is 76.6 Å². The van der Waals surface area contributed by atoms with Gasteiger partial charge in [0.05, 0.1) is 16.0 Å². The quantitative estimate of drug-likeness (QED) is 0.388. The van der Waals surface area contributed by atoms with Crippen molar-refractivity contribution in [3.63, 3.8) is 0 Å². The summed E-state index contributed by atoms with van der Waals surface area (Å²) < 4.78 is 24.8. The molecule has 2 aromatic heterocycles. The van der Waals surface area contributed by atoms with Crippen molar-refractivity contribution in [1.82, 2.24) is 14.9 Å². The summed E-state index contributed by atoms with van der Waals surface area (Å²) in [4.78, 5) is 22.9. The minimum atomic E-state index is -3.47. The molecule has 3 heterocycles. The lowest BCUT2D eigenvalue weighted by Gasteiger charge is -2.31. The van der Waals surface area contributed by atoms with Crippen molar-refractivity contribution in [2.45, 2.75) is 30.6 Å². The molecule has 0 spiro atoms. The topological polar surface area (TPSA) is 95.2 Å². The first kappa shape index (κ1) is 24.2. The molecule has 5 rings (SSSR count). The zero-order valence-electron chi connectivity index (χ0n) is 20.5. The molecule has 0 aliphatic carbocycles. The number of aromatic amines is 1. The number of benzene rings is 2. The number of sulfone groups is 1. The fourth-order valence-electron chi connectivity index (χ4n) is 5.00. The lowest BCUT2D eigenvalue weighted by molar-refractivity contribution is 0.222. The number of fused-ring (bicyclic) bond motifs is 1. The van der Waals surface area contributed by atoms with E-state index >= 15 is 0 Å². The number of aromatic nitrogens is 2. The first-order valence-electron chi connectivity index (χ1n) is 12.2. The van der Waals surface area contributed by atoms with Crippen LogP contribution < -0.4 is 10.9 Å². The van der Waals surface area contributed by atoms with Gasteiger partial charge in [-0.2, -0.15) is 0 Å². The predicted octanol–water partition coefficient (Wildman–Crippen LogP) is 4.94. The van der Waals surface area contributed by atoms with Crippen LogP contribution in [0, 0.1) is 0 Å². The third-order valence-electron chi connectivity index (χ3n) is 7.00. The average molecular weight is 503 g/mol. The molecular formula is C28H30N4O3S. The third-order valence-corrected chi connectivity index (χ3v) is 8.15. The second-order valence-electron chi connectivity index (χ2n) is 9.35. The molecule has 1 aliphatic heterocycles. The van der Waals surface area contributed by atoms with Gasteiger partial charge in [0.2, 0.25) is 0 Å². The first-order valence-corrected chi connectivity index (χ1v) is 14.1. The smallest absolute Gasteiger partial charge is 0.259 e. The molecular weight excluding hydrogens is 472 g/mol. The highest BCUT2D eigenvalue weighted by molar-refractivity contribution is 7.90. The van der Waals surface area contributed by atoms with E-state index in [4.69, 9.17) is 4.98 Å². The normalized spacial score (nSPS) is 15.3. The van der Waals surface area contributed by atoms with Crippen LogP contribution in [0.4, 0.5) is 11.5 Å². The molecule has 8 heteroatoms. The molecule has 186 valence electrons. The van der Waals surface area contributed by atoms with Gasteiger partial charge >= 0.3 is 0 Å². The monoisotopic (exact) mass is 502 g/mol. The third kappa shape index (κ3) is 4.92. The number of rotatable bonds is 6. The van der Waals surface area contributed by atoms with E-state index in [1.165, 1.54) is 11.8 Å². The van der Waals surface area contributed by atoms with Crippen LogP contribution in [0.1, 0.15) is 31.2 Å². The Morgan fingerprint density at radius 1 is 1.06 bits per heavy atom. The largest absolute Gasteiger partial charge is 0.340 e.